The second-order valence-electron chi connectivity index (χ2n) is 11.3. The molecule has 1 unspecified atom stereocenters. The van der Waals surface area contributed by atoms with Gasteiger partial charge in [0.15, 0.2) is 11.5 Å². The molecule has 0 aromatic heterocycles. The summed E-state index contributed by atoms with van der Waals surface area (Å²) in [6, 6.07) is 5.45. The maximum Gasteiger partial charge on any atom is 0.224 e. The molecular formula is C29H50IN3O6. The van der Waals surface area contributed by atoms with E-state index in [9.17, 15) is 14.7 Å². The smallest absolute Gasteiger partial charge is 0.224 e. The first-order valence-electron chi connectivity index (χ1n) is 13.7. The molecule has 5 atom stereocenters. The number of hydrogen-bond acceptors (Lipinski definition) is 7. The molecule has 1 aromatic carbocycles. The largest absolute Gasteiger partial charge is 0.493 e. The highest BCUT2D eigenvalue weighted by atomic mass is 127. The Morgan fingerprint density at radius 1 is 1.10 bits per heavy atom. The number of primary amides is 1. The van der Waals surface area contributed by atoms with Crippen molar-refractivity contribution < 1.29 is 28.9 Å². The van der Waals surface area contributed by atoms with Crippen molar-refractivity contribution in [3.63, 3.8) is 0 Å². The van der Waals surface area contributed by atoms with Crippen molar-refractivity contribution in [1.29, 1.82) is 0 Å². The lowest BCUT2D eigenvalue weighted by atomic mass is 9.83. The number of aliphatic hydroxyl groups excluding tert-OH is 1. The molecule has 0 aliphatic heterocycles. The van der Waals surface area contributed by atoms with Crippen LogP contribution in [-0.2, 0) is 20.7 Å². The van der Waals surface area contributed by atoms with Crippen LogP contribution in [0.15, 0.2) is 18.2 Å². The van der Waals surface area contributed by atoms with Crippen molar-refractivity contribution in [2.75, 3.05) is 34.0 Å². The molecule has 0 radical (unpaired) electrons. The summed E-state index contributed by atoms with van der Waals surface area (Å²) in [5.74, 6) is 0.439. The number of amides is 2. The summed E-state index contributed by atoms with van der Waals surface area (Å²) in [5, 5.41) is 13.9. The fourth-order valence-corrected chi connectivity index (χ4v) is 4.78. The second-order valence-corrected chi connectivity index (χ2v) is 13.3. The van der Waals surface area contributed by atoms with Gasteiger partial charge in [0.2, 0.25) is 11.8 Å². The number of hydrogen-bond donors (Lipinski definition) is 4. The van der Waals surface area contributed by atoms with E-state index in [1.807, 2.05) is 32.0 Å². The van der Waals surface area contributed by atoms with Gasteiger partial charge in [-0.25, -0.2) is 0 Å². The van der Waals surface area contributed by atoms with Gasteiger partial charge < -0.3 is 36.1 Å². The van der Waals surface area contributed by atoms with Gasteiger partial charge in [0.25, 0.3) is 0 Å². The van der Waals surface area contributed by atoms with E-state index in [2.05, 4.69) is 34.8 Å². The number of benzene rings is 1. The van der Waals surface area contributed by atoms with E-state index in [-0.39, 0.29) is 30.7 Å². The maximum absolute atomic E-state index is 12.9. The van der Waals surface area contributed by atoms with Gasteiger partial charge in [-0.05, 0) is 62.6 Å². The van der Waals surface area contributed by atoms with Gasteiger partial charge in [0.05, 0.1) is 25.2 Å². The number of carbonyl (C=O) groups excluding carboxylic acids is 2. The minimum atomic E-state index is -0.855. The summed E-state index contributed by atoms with van der Waals surface area (Å²) in [6.07, 6.45) is 1.54. The fourth-order valence-electron chi connectivity index (χ4n) is 4.23. The molecule has 2 amide bonds. The molecule has 0 aliphatic rings. The van der Waals surface area contributed by atoms with E-state index in [1.54, 1.807) is 28.1 Å². The number of nitrogens with two attached hydrogens (primary N) is 2. The van der Waals surface area contributed by atoms with Crippen LogP contribution in [0.3, 0.4) is 0 Å². The van der Waals surface area contributed by atoms with Crippen LogP contribution in [0, 0.1) is 23.2 Å². The summed E-state index contributed by atoms with van der Waals surface area (Å²) < 4.78 is 16.8. The first-order chi connectivity index (χ1) is 18.2. The zero-order valence-corrected chi connectivity index (χ0v) is 26.8. The Labute approximate surface area is 248 Å². The molecule has 0 aliphatic carbocycles. The third-order valence-corrected chi connectivity index (χ3v) is 8.22. The molecule has 10 heteroatoms. The Hall–Kier alpha value is -1.63. The first kappa shape index (κ1) is 35.4. The Balaban J connectivity index is 2.87. The SMILES string of the molecule is COCCCOc1cc(C[C@@H](C[C@H](N)[C@@H](O)C[C@H](C(=O)NCC(C)(C)C(N)=O)C(C)C)C(C)I)ccc1OC. The molecule has 0 saturated heterocycles. The molecule has 39 heavy (non-hydrogen) atoms. The summed E-state index contributed by atoms with van der Waals surface area (Å²) >= 11 is 2.40. The summed E-state index contributed by atoms with van der Waals surface area (Å²) in [4.78, 5) is 24.5. The molecule has 0 spiro atoms. The Morgan fingerprint density at radius 2 is 1.77 bits per heavy atom. The lowest BCUT2D eigenvalue weighted by molar-refractivity contribution is -0.130. The zero-order chi connectivity index (χ0) is 29.8. The van der Waals surface area contributed by atoms with Crippen LogP contribution in [0.5, 0.6) is 11.5 Å². The van der Waals surface area contributed by atoms with Crippen LogP contribution in [0.4, 0.5) is 0 Å². The van der Waals surface area contributed by atoms with Crippen LogP contribution in [0.25, 0.3) is 0 Å². The standard InChI is InChI=1S/C29H50IN3O6/c1-18(2)22(27(35)33-17-29(4,5)28(32)36)16-24(34)23(31)15-21(19(3)30)13-20-9-10-25(38-7)26(14-20)39-12-8-11-37-6/h9-10,14,18-19,21-24,34H,8,11-13,15-17,31H2,1-7H3,(H2,32,36)(H,33,35)/t19?,21-,22-,23-,24-/m0/s1. The van der Waals surface area contributed by atoms with E-state index in [4.69, 9.17) is 25.7 Å². The molecule has 1 rings (SSSR count). The highest BCUT2D eigenvalue weighted by molar-refractivity contribution is 14.1. The van der Waals surface area contributed by atoms with Crippen LogP contribution in [0.1, 0.15) is 59.4 Å². The topological polar surface area (TPSA) is 146 Å². The normalized spacial score (nSPS) is 15.8. The number of nitrogens with one attached hydrogen (secondary N) is 1. The summed E-state index contributed by atoms with van der Waals surface area (Å²) in [6.45, 7) is 10.7. The molecule has 0 bridgehead atoms. The number of halogens is 1. The van der Waals surface area contributed by atoms with Crippen molar-refractivity contribution in [3.05, 3.63) is 23.8 Å². The van der Waals surface area contributed by atoms with Crippen molar-refractivity contribution >= 4 is 34.4 Å². The fraction of sp³-hybridized carbons (Fsp3) is 0.724. The number of carbonyl (C=O) groups is 2. The molecule has 0 heterocycles. The van der Waals surface area contributed by atoms with E-state index >= 15 is 0 Å². The summed E-state index contributed by atoms with van der Waals surface area (Å²) in [7, 11) is 3.29. The third-order valence-electron chi connectivity index (χ3n) is 7.20. The van der Waals surface area contributed by atoms with Crippen molar-refractivity contribution in [1.82, 2.24) is 5.32 Å². The van der Waals surface area contributed by atoms with Crippen LogP contribution in [0.2, 0.25) is 0 Å². The lowest BCUT2D eigenvalue weighted by Gasteiger charge is -2.30. The van der Waals surface area contributed by atoms with Crippen molar-refractivity contribution in [2.45, 2.75) is 76.4 Å². The number of aliphatic hydroxyl groups is 1. The minimum absolute atomic E-state index is 0.00977. The molecule has 224 valence electrons. The first-order valence-corrected chi connectivity index (χ1v) is 14.9. The van der Waals surface area contributed by atoms with Gasteiger partial charge in [-0.2, -0.15) is 0 Å². The van der Waals surface area contributed by atoms with Crippen molar-refractivity contribution in [3.8, 4) is 11.5 Å². The van der Waals surface area contributed by atoms with E-state index < -0.39 is 29.4 Å². The Bertz CT molecular complexity index is 896. The number of rotatable bonds is 19. The zero-order valence-electron chi connectivity index (χ0n) is 24.7. The highest BCUT2D eigenvalue weighted by Crippen LogP contribution is 2.32. The number of ether oxygens (including phenoxy) is 3. The molecule has 0 saturated carbocycles. The predicted molar refractivity (Wildman–Crippen MR) is 163 cm³/mol. The van der Waals surface area contributed by atoms with Gasteiger partial charge in [-0.1, -0.05) is 49.4 Å². The predicted octanol–water partition coefficient (Wildman–Crippen LogP) is 3.46. The average molecular weight is 664 g/mol. The Kier molecular flexibility index (Phi) is 15.6. The molecule has 0 fully saturated rings. The highest BCUT2D eigenvalue weighted by Gasteiger charge is 2.32. The molecule has 6 N–H and O–H groups in total. The molecule has 9 nitrogen and oxygen atoms in total. The quantitative estimate of drug-likeness (QED) is 0.101. The molecule has 1 aromatic rings. The van der Waals surface area contributed by atoms with Gasteiger partial charge in [0, 0.05) is 42.6 Å². The molecular weight excluding hydrogens is 613 g/mol. The minimum Gasteiger partial charge on any atom is -0.493 e. The van der Waals surface area contributed by atoms with Gasteiger partial charge in [-0.15, -0.1) is 0 Å². The number of alkyl halides is 1. The Morgan fingerprint density at radius 3 is 2.31 bits per heavy atom. The van der Waals surface area contributed by atoms with E-state index in [1.165, 1.54) is 0 Å². The van der Waals surface area contributed by atoms with E-state index in [0.29, 0.717) is 35.1 Å². The van der Waals surface area contributed by atoms with Gasteiger partial charge >= 0.3 is 0 Å². The van der Waals surface area contributed by atoms with Gasteiger partial charge in [0.1, 0.15) is 0 Å². The third kappa shape index (κ3) is 12.2. The average Bonchev–Trinajstić information content (AvgIpc) is 2.87. The monoisotopic (exact) mass is 663 g/mol. The number of methoxy groups -OCH3 is 2. The lowest BCUT2D eigenvalue weighted by Crippen LogP contribution is -2.46. The van der Waals surface area contributed by atoms with Crippen molar-refractivity contribution in [2.24, 2.45) is 34.6 Å². The maximum atomic E-state index is 12.9. The van der Waals surface area contributed by atoms with Crippen LogP contribution < -0.4 is 26.3 Å². The van der Waals surface area contributed by atoms with Crippen LogP contribution >= 0.6 is 22.6 Å². The van der Waals surface area contributed by atoms with Crippen LogP contribution in [-0.4, -0.2) is 67.0 Å². The van der Waals surface area contributed by atoms with E-state index in [0.717, 1.165) is 18.4 Å². The second kappa shape index (κ2) is 17.2. The van der Waals surface area contributed by atoms with Gasteiger partial charge in [-0.3, -0.25) is 9.59 Å². The summed E-state index contributed by atoms with van der Waals surface area (Å²) in [5.41, 5.74) is 12.2.